The molecular formula is C17H20FN3O4. The number of nitrogens with zero attached hydrogens (tertiary/aromatic N) is 1. The molecule has 3 N–H and O–H groups in total. The van der Waals surface area contributed by atoms with E-state index in [1.165, 1.54) is 12.1 Å². The number of carboxylic acid groups (broad SMARTS) is 1. The number of aromatic nitrogens is 2. The quantitative estimate of drug-likeness (QED) is 0.741. The normalized spacial score (nSPS) is 12.5. The average molecular weight is 349 g/mol. The van der Waals surface area contributed by atoms with Gasteiger partial charge in [-0.3, -0.25) is 9.89 Å². The summed E-state index contributed by atoms with van der Waals surface area (Å²) < 4.78 is 18.1. The summed E-state index contributed by atoms with van der Waals surface area (Å²) in [7, 11) is 0. The first-order valence-corrected chi connectivity index (χ1v) is 7.66. The number of hydrogen-bond acceptors (Lipinski definition) is 4. The lowest BCUT2D eigenvalue weighted by atomic mass is 9.92. The van der Waals surface area contributed by atoms with E-state index in [4.69, 9.17) is 4.74 Å². The predicted octanol–water partition coefficient (Wildman–Crippen LogP) is 2.11. The van der Waals surface area contributed by atoms with Gasteiger partial charge in [0.2, 0.25) is 6.10 Å². The zero-order valence-corrected chi connectivity index (χ0v) is 14.2. The van der Waals surface area contributed by atoms with Crippen LogP contribution in [0.3, 0.4) is 0 Å². The van der Waals surface area contributed by atoms with Crippen LogP contribution in [0.1, 0.15) is 37.0 Å². The fraction of sp³-hybridized carbons (Fsp3) is 0.353. The van der Waals surface area contributed by atoms with Crippen LogP contribution in [0.15, 0.2) is 30.3 Å². The summed E-state index contributed by atoms with van der Waals surface area (Å²) in [5, 5.41) is 18.4. The third-order valence-electron chi connectivity index (χ3n) is 3.43. The lowest BCUT2D eigenvalue weighted by Gasteiger charge is -2.15. The van der Waals surface area contributed by atoms with Gasteiger partial charge in [-0.05, 0) is 30.3 Å². The summed E-state index contributed by atoms with van der Waals surface area (Å²) in [6.07, 6.45) is -1.31. The van der Waals surface area contributed by atoms with Crippen LogP contribution in [0.5, 0.6) is 5.75 Å². The molecule has 1 aromatic carbocycles. The number of H-pyrrole nitrogens is 1. The second-order valence-electron chi connectivity index (χ2n) is 6.53. The molecule has 0 aliphatic carbocycles. The highest BCUT2D eigenvalue weighted by Crippen LogP contribution is 2.20. The van der Waals surface area contributed by atoms with E-state index in [9.17, 15) is 19.1 Å². The van der Waals surface area contributed by atoms with E-state index in [0.717, 1.165) is 17.8 Å². The maximum absolute atomic E-state index is 12.9. The Morgan fingerprint density at radius 3 is 2.48 bits per heavy atom. The monoisotopic (exact) mass is 349 g/mol. The topological polar surface area (TPSA) is 104 Å². The highest BCUT2D eigenvalue weighted by Gasteiger charge is 2.23. The number of benzene rings is 1. The Kier molecular flexibility index (Phi) is 5.41. The van der Waals surface area contributed by atoms with Crippen LogP contribution in [0.4, 0.5) is 4.39 Å². The molecule has 1 aromatic heterocycles. The second kappa shape index (κ2) is 7.33. The minimum Gasteiger partial charge on any atom is -0.478 e. The fourth-order valence-corrected chi connectivity index (χ4v) is 1.96. The molecule has 1 amide bonds. The van der Waals surface area contributed by atoms with Gasteiger partial charge in [0.15, 0.2) is 0 Å². The third-order valence-corrected chi connectivity index (χ3v) is 3.43. The molecule has 1 heterocycles. The summed E-state index contributed by atoms with van der Waals surface area (Å²) in [6, 6.07) is 6.56. The zero-order valence-electron chi connectivity index (χ0n) is 14.2. The molecule has 7 nitrogen and oxygen atoms in total. The Morgan fingerprint density at radius 1 is 1.32 bits per heavy atom. The standard InChI is InChI=1S/C17H20FN3O4/c1-17(2,3)14-8-12(20-21-14)15(22)19-9-13(16(23)24)25-11-6-4-10(18)5-7-11/h4-8,13H,9H2,1-3H3,(H,19,22)(H,20,21)(H,23,24). The molecule has 0 spiro atoms. The molecule has 8 heteroatoms. The largest absolute Gasteiger partial charge is 0.478 e. The summed E-state index contributed by atoms with van der Waals surface area (Å²) in [5.41, 5.74) is 0.756. The van der Waals surface area contributed by atoms with Gasteiger partial charge in [0.05, 0.1) is 6.54 Å². The molecule has 0 fully saturated rings. The number of halogens is 1. The van der Waals surface area contributed by atoms with Crippen molar-refractivity contribution >= 4 is 11.9 Å². The van der Waals surface area contributed by atoms with Crippen LogP contribution < -0.4 is 10.1 Å². The smallest absolute Gasteiger partial charge is 0.346 e. The highest BCUT2D eigenvalue weighted by atomic mass is 19.1. The maximum Gasteiger partial charge on any atom is 0.346 e. The number of carbonyl (C=O) groups excluding carboxylic acids is 1. The highest BCUT2D eigenvalue weighted by molar-refractivity contribution is 5.92. The van der Waals surface area contributed by atoms with E-state index in [2.05, 4.69) is 15.5 Å². The van der Waals surface area contributed by atoms with Crippen molar-refractivity contribution in [1.29, 1.82) is 0 Å². The molecule has 25 heavy (non-hydrogen) atoms. The first-order chi connectivity index (χ1) is 11.7. The van der Waals surface area contributed by atoms with Gasteiger partial charge in [-0.1, -0.05) is 20.8 Å². The van der Waals surface area contributed by atoms with E-state index >= 15 is 0 Å². The maximum atomic E-state index is 12.9. The average Bonchev–Trinajstić information content (AvgIpc) is 3.03. The number of aliphatic carboxylic acids is 1. The van der Waals surface area contributed by atoms with Crippen molar-refractivity contribution in [2.45, 2.75) is 32.3 Å². The van der Waals surface area contributed by atoms with Crippen LogP contribution in [0.2, 0.25) is 0 Å². The van der Waals surface area contributed by atoms with E-state index in [0.29, 0.717) is 0 Å². The van der Waals surface area contributed by atoms with Gasteiger partial charge < -0.3 is 15.2 Å². The van der Waals surface area contributed by atoms with Crippen LogP contribution in [0.25, 0.3) is 0 Å². The Labute approximate surface area is 144 Å². The van der Waals surface area contributed by atoms with Crippen LogP contribution in [-0.2, 0) is 10.2 Å². The second-order valence-corrected chi connectivity index (χ2v) is 6.53. The van der Waals surface area contributed by atoms with Crippen molar-refractivity contribution in [3.63, 3.8) is 0 Å². The van der Waals surface area contributed by atoms with Crippen LogP contribution in [-0.4, -0.2) is 39.8 Å². The van der Waals surface area contributed by atoms with Gasteiger partial charge in [-0.15, -0.1) is 0 Å². The van der Waals surface area contributed by atoms with Gasteiger partial charge >= 0.3 is 5.97 Å². The first-order valence-electron chi connectivity index (χ1n) is 7.66. The lowest BCUT2D eigenvalue weighted by Crippen LogP contribution is -2.40. The molecule has 2 aromatic rings. The molecule has 0 bridgehead atoms. The van der Waals surface area contributed by atoms with Crippen molar-refractivity contribution in [1.82, 2.24) is 15.5 Å². The van der Waals surface area contributed by atoms with E-state index in [-0.39, 0.29) is 23.4 Å². The first kappa shape index (κ1) is 18.4. The fourth-order valence-electron chi connectivity index (χ4n) is 1.96. The van der Waals surface area contributed by atoms with Gasteiger partial charge in [-0.25, -0.2) is 9.18 Å². The predicted molar refractivity (Wildman–Crippen MR) is 88.1 cm³/mol. The number of amides is 1. The Bertz CT molecular complexity index is 750. The number of carboxylic acids is 1. The van der Waals surface area contributed by atoms with Gasteiger partial charge in [0.25, 0.3) is 5.91 Å². The molecule has 0 aliphatic heterocycles. The minimum atomic E-state index is -1.31. The van der Waals surface area contributed by atoms with Crippen molar-refractivity contribution in [3.8, 4) is 5.75 Å². The summed E-state index contributed by atoms with van der Waals surface area (Å²) >= 11 is 0. The molecule has 0 radical (unpaired) electrons. The van der Waals surface area contributed by atoms with E-state index in [1.54, 1.807) is 6.07 Å². The lowest BCUT2D eigenvalue weighted by molar-refractivity contribution is -0.144. The summed E-state index contributed by atoms with van der Waals surface area (Å²) in [5.74, 6) is -2.03. The van der Waals surface area contributed by atoms with Crippen molar-refractivity contribution in [3.05, 3.63) is 47.5 Å². The SMILES string of the molecule is CC(C)(C)c1cc(C(=O)NCC(Oc2ccc(F)cc2)C(=O)O)n[nH]1. The molecule has 134 valence electrons. The number of rotatable bonds is 6. The number of nitrogens with one attached hydrogen (secondary N) is 2. The zero-order chi connectivity index (χ0) is 18.6. The number of aromatic amines is 1. The van der Waals surface area contributed by atoms with E-state index < -0.39 is 23.8 Å². The van der Waals surface area contributed by atoms with Crippen molar-refractivity contribution in [2.75, 3.05) is 6.54 Å². The summed E-state index contributed by atoms with van der Waals surface area (Å²) in [4.78, 5) is 23.4. The molecular weight excluding hydrogens is 329 g/mol. The molecule has 1 unspecified atom stereocenters. The van der Waals surface area contributed by atoms with Gasteiger partial charge in [0.1, 0.15) is 17.3 Å². The molecule has 0 saturated carbocycles. The van der Waals surface area contributed by atoms with Gasteiger partial charge in [-0.2, -0.15) is 5.10 Å². The number of hydrogen-bond donors (Lipinski definition) is 3. The third kappa shape index (κ3) is 5.03. The number of ether oxygens (including phenoxy) is 1. The molecule has 1 atom stereocenters. The van der Waals surface area contributed by atoms with Crippen molar-refractivity contribution < 1.29 is 23.8 Å². The van der Waals surface area contributed by atoms with Gasteiger partial charge in [0, 0.05) is 11.1 Å². The number of carbonyl (C=O) groups is 2. The molecule has 2 rings (SSSR count). The Balaban J connectivity index is 1.98. The van der Waals surface area contributed by atoms with Crippen LogP contribution in [0, 0.1) is 5.82 Å². The van der Waals surface area contributed by atoms with Crippen molar-refractivity contribution in [2.24, 2.45) is 0 Å². The Hall–Kier alpha value is -2.90. The minimum absolute atomic E-state index is 0.163. The Morgan fingerprint density at radius 2 is 1.96 bits per heavy atom. The molecule has 0 saturated heterocycles. The summed E-state index contributed by atoms with van der Waals surface area (Å²) in [6.45, 7) is 5.65. The van der Waals surface area contributed by atoms with E-state index in [1.807, 2.05) is 20.8 Å². The van der Waals surface area contributed by atoms with Crippen LogP contribution >= 0.6 is 0 Å². The molecule has 0 aliphatic rings.